The highest BCUT2D eigenvalue weighted by atomic mass is 19.4. The fourth-order valence-electron chi connectivity index (χ4n) is 8.18. The fraction of sp³-hybridized carbons (Fsp3) is 0.541. The van der Waals surface area contributed by atoms with Crippen LogP contribution in [0, 0.1) is 17.0 Å². The van der Waals surface area contributed by atoms with Gasteiger partial charge in [0.05, 0.1) is 23.8 Å². The number of aromatic hydroxyl groups is 1. The van der Waals surface area contributed by atoms with Gasteiger partial charge in [-0.3, -0.25) is 4.74 Å². The topological polar surface area (TPSA) is 105 Å². The summed E-state index contributed by atoms with van der Waals surface area (Å²) in [6.45, 7) is 4.76. The Hall–Kier alpha value is -4.29. The maximum absolute atomic E-state index is 17.1. The second-order valence-electron chi connectivity index (χ2n) is 15.0. The van der Waals surface area contributed by atoms with Gasteiger partial charge in [0.2, 0.25) is 0 Å². The molecule has 2 aromatic heterocycles. The largest absolute Gasteiger partial charge is 0.573 e. The number of phenols is 1. The molecule has 2 aromatic carbocycles. The Bertz CT molecular complexity index is 2110. The minimum absolute atomic E-state index is 0.0455. The van der Waals surface area contributed by atoms with E-state index < -0.39 is 53.0 Å². The van der Waals surface area contributed by atoms with Crippen molar-refractivity contribution in [2.24, 2.45) is 5.41 Å². The van der Waals surface area contributed by atoms with Gasteiger partial charge in [0.15, 0.2) is 17.4 Å². The van der Waals surface area contributed by atoms with Gasteiger partial charge < -0.3 is 29.7 Å². The van der Waals surface area contributed by atoms with Gasteiger partial charge in [-0.2, -0.15) is 9.97 Å². The number of nitrogens with zero attached hydrogens (tertiary/aromatic N) is 5. The van der Waals surface area contributed by atoms with Gasteiger partial charge in [0.1, 0.15) is 22.8 Å². The summed E-state index contributed by atoms with van der Waals surface area (Å²) in [5, 5.41) is 14.0. The number of halogens is 8. The monoisotopic (exact) mass is 782 g/mol. The number of fused-ring (bicyclic) bond motifs is 3. The van der Waals surface area contributed by atoms with E-state index in [0.717, 1.165) is 43.5 Å². The number of pyridine rings is 1. The number of benzene rings is 2. The molecule has 0 amide bonds. The molecule has 4 aliphatic rings. The second-order valence-corrected chi connectivity index (χ2v) is 15.0. The summed E-state index contributed by atoms with van der Waals surface area (Å²) < 4.78 is 126. The number of alkyl halides is 6. The zero-order valence-electron chi connectivity index (χ0n) is 29.7. The standard InChI is InChI=1S/C37H38F8N6O4/c1-2-20-16-51-21(15-46-20)4-6-26-28-31(29(39)30(47-26)24-14-22(52)13-19-3-5-25(38)32(27(19)24)55-37(43,44)45)48-34(49-33(28)51)53-18-35(9-10-35)17-50-11-7-23(8-12-50)54-36(40,41)42/h3,5,13-14,20-21,23,46,52H,2,4,6-12,15-18H2,1H3/t20-,21-/m1/s1. The van der Waals surface area contributed by atoms with E-state index in [0.29, 0.717) is 62.5 Å². The Morgan fingerprint density at radius 2 is 1.73 bits per heavy atom. The van der Waals surface area contributed by atoms with E-state index in [1.807, 2.05) is 6.92 Å². The molecule has 3 aliphatic heterocycles. The number of piperidine rings is 1. The molecule has 10 nitrogen and oxygen atoms in total. The SMILES string of the molecule is CC[C@@H]1CN2c3nc(OCC4(CN5CCC(OC(F)(F)F)CC5)CC4)nc4c(F)c(-c5cc(O)cc6ccc(F)c(OC(F)(F)F)c56)nc(c34)CC[C@@H]2CN1. The molecule has 0 bridgehead atoms. The van der Waals surface area contributed by atoms with Crippen LogP contribution in [0.4, 0.5) is 40.9 Å². The molecule has 0 spiro atoms. The predicted molar refractivity (Wildman–Crippen MR) is 184 cm³/mol. The average molecular weight is 783 g/mol. The van der Waals surface area contributed by atoms with Crippen LogP contribution in [0.5, 0.6) is 17.5 Å². The molecule has 1 aliphatic carbocycles. The van der Waals surface area contributed by atoms with Crippen LogP contribution in [0.3, 0.4) is 0 Å². The third-order valence-electron chi connectivity index (χ3n) is 11.1. The van der Waals surface area contributed by atoms with Gasteiger partial charge in [0, 0.05) is 61.2 Å². The second kappa shape index (κ2) is 14.0. The number of likely N-dealkylation sites (tertiary alicyclic amines) is 1. The van der Waals surface area contributed by atoms with Gasteiger partial charge >= 0.3 is 18.7 Å². The minimum Gasteiger partial charge on any atom is -0.508 e. The maximum atomic E-state index is 17.1. The Morgan fingerprint density at radius 1 is 0.964 bits per heavy atom. The normalized spacial score (nSPS) is 21.8. The molecule has 2 saturated heterocycles. The molecule has 8 rings (SSSR count). The van der Waals surface area contributed by atoms with Crippen molar-refractivity contribution in [3.8, 4) is 28.8 Å². The number of nitrogens with one attached hydrogen (secondary N) is 1. The average Bonchev–Trinajstić information content (AvgIpc) is 3.92. The number of anilines is 1. The highest BCUT2D eigenvalue weighted by molar-refractivity contribution is 6.04. The molecule has 296 valence electrons. The van der Waals surface area contributed by atoms with Gasteiger partial charge in [-0.1, -0.05) is 13.0 Å². The van der Waals surface area contributed by atoms with Crippen LogP contribution < -0.4 is 19.7 Å². The quantitative estimate of drug-likeness (QED) is 0.167. The summed E-state index contributed by atoms with van der Waals surface area (Å²) in [6.07, 6.45) is -7.11. The van der Waals surface area contributed by atoms with Crippen molar-refractivity contribution in [3.63, 3.8) is 0 Å². The highest BCUT2D eigenvalue weighted by Crippen LogP contribution is 2.48. The molecule has 5 heterocycles. The number of ether oxygens (including phenoxy) is 3. The van der Waals surface area contributed by atoms with Crippen LogP contribution in [0.15, 0.2) is 24.3 Å². The number of phenolic OH excluding ortho intramolecular Hbond substituents is 1. The Morgan fingerprint density at radius 3 is 2.42 bits per heavy atom. The van der Waals surface area contributed by atoms with Crippen LogP contribution >= 0.6 is 0 Å². The van der Waals surface area contributed by atoms with E-state index in [1.165, 1.54) is 0 Å². The molecule has 3 fully saturated rings. The van der Waals surface area contributed by atoms with Crippen LogP contribution in [0.25, 0.3) is 32.9 Å². The molecule has 55 heavy (non-hydrogen) atoms. The van der Waals surface area contributed by atoms with Crippen LogP contribution in [-0.4, -0.2) is 95.2 Å². The summed E-state index contributed by atoms with van der Waals surface area (Å²) in [5.41, 5.74) is -0.935. The number of hydrogen-bond acceptors (Lipinski definition) is 10. The smallest absolute Gasteiger partial charge is 0.508 e. The maximum Gasteiger partial charge on any atom is 0.573 e. The van der Waals surface area contributed by atoms with E-state index in [4.69, 9.17) is 9.72 Å². The Balaban J connectivity index is 1.19. The third kappa shape index (κ3) is 7.77. The van der Waals surface area contributed by atoms with Gasteiger partial charge in [0.25, 0.3) is 0 Å². The van der Waals surface area contributed by atoms with E-state index in [1.54, 1.807) is 0 Å². The van der Waals surface area contributed by atoms with Crippen molar-refractivity contribution in [2.75, 3.05) is 44.2 Å². The van der Waals surface area contributed by atoms with E-state index >= 15 is 8.78 Å². The molecule has 1 saturated carbocycles. The van der Waals surface area contributed by atoms with Crippen molar-refractivity contribution in [3.05, 3.63) is 41.6 Å². The van der Waals surface area contributed by atoms with Crippen molar-refractivity contribution in [1.29, 1.82) is 0 Å². The lowest BCUT2D eigenvalue weighted by molar-refractivity contribution is -0.345. The molecule has 18 heteroatoms. The van der Waals surface area contributed by atoms with Gasteiger partial charge in [-0.25, -0.2) is 13.8 Å². The number of piperazine rings is 1. The van der Waals surface area contributed by atoms with Crippen molar-refractivity contribution >= 4 is 27.5 Å². The zero-order valence-corrected chi connectivity index (χ0v) is 29.7. The van der Waals surface area contributed by atoms with Crippen molar-refractivity contribution < 1.29 is 54.4 Å². The first kappa shape index (κ1) is 37.6. The zero-order chi connectivity index (χ0) is 38.9. The lowest BCUT2D eigenvalue weighted by Crippen LogP contribution is -2.56. The van der Waals surface area contributed by atoms with E-state index in [9.17, 15) is 31.4 Å². The predicted octanol–water partition coefficient (Wildman–Crippen LogP) is 7.39. The van der Waals surface area contributed by atoms with E-state index in [2.05, 4.69) is 34.6 Å². The minimum atomic E-state index is -5.29. The fourth-order valence-corrected chi connectivity index (χ4v) is 8.18. The third-order valence-corrected chi connectivity index (χ3v) is 11.1. The Kier molecular flexibility index (Phi) is 9.59. The number of aryl methyl sites for hydroxylation is 1. The Labute approximate surface area is 309 Å². The highest BCUT2D eigenvalue weighted by Gasteiger charge is 2.46. The number of aromatic nitrogens is 3. The van der Waals surface area contributed by atoms with Crippen LogP contribution in [-0.2, 0) is 11.2 Å². The summed E-state index contributed by atoms with van der Waals surface area (Å²) >= 11 is 0. The molecule has 0 unspecified atom stereocenters. The molecule has 4 aromatic rings. The number of hydrogen-bond donors (Lipinski definition) is 2. The molecule has 2 N–H and O–H groups in total. The lowest BCUT2D eigenvalue weighted by atomic mass is 9.98. The summed E-state index contributed by atoms with van der Waals surface area (Å²) in [7, 11) is 0. The van der Waals surface area contributed by atoms with E-state index in [-0.39, 0.29) is 59.4 Å². The van der Waals surface area contributed by atoms with Crippen LogP contribution in [0.2, 0.25) is 0 Å². The lowest BCUT2D eigenvalue weighted by Gasteiger charge is -2.40. The van der Waals surface area contributed by atoms with Gasteiger partial charge in [-0.15, -0.1) is 26.3 Å². The first-order valence-corrected chi connectivity index (χ1v) is 18.3. The first-order chi connectivity index (χ1) is 26.1. The summed E-state index contributed by atoms with van der Waals surface area (Å²) in [5.74, 6) is -3.60. The number of rotatable bonds is 9. The van der Waals surface area contributed by atoms with Crippen molar-refractivity contribution in [1.82, 2.24) is 25.2 Å². The summed E-state index contributed by atoms with van der Waals surface area (Å²) in [4.78, 5) is 18.2. The molecular formula is C37H38F8N6O4. The van der Waals surface area contributed by atoms with Crippen molar-refractivity contribution in [2.45, 2.75) is 82.8 Å². The molecule has 0 radical (unpaired) electrons. The van der Waals surface area contributed by atoms with Gasteiger partial charge in [-0.05, 0) is 68.5 Å². The summed E-state index contributed by atoms with van der Waals surface area (Å²) in [6, 6.07) is 3.94. The first-order valence-electron chi connectivity index (χ1n) is 18.3. The van der Waals surface area contributed by atoms with Crippen LogP contribution in [0.1, 0.15) is 51.1 Å². The molecular weight excluding hydrogens is 744 g/mol. The molecule has 2 atom stereocenters.